The van der Waals surface area contributed by atoms with Gasteiger partial charge in [0, 0.05) is 25.7 Å². The van der Waals surface area contributed by atoms with Gasteiger partial charge in [0.2, 0.25) is 5.82 Å². The van der Waals surface area contributed by atoms with Crippen molar-refractivity contribution in [2.24, 2.45) is 0 Å². The SMILES string of the molecule is c1ccc(CN2CCC(N3CCOC(c4nn[nH]n4)C3)CC2)cc1. The summed E-state index contributed by atoms with van der Waals surface area (Å²) in [6.07, 6.45) is 2.37. The van der Waals surface area contributed by atoms with Crippen LogP contribution >= 0.6 is 0 Å². The molecule has 2 aliphatic heterocycles. The molecule has 0 bridgehead atoms. The predicted octanol–water partition coefficient (Wildman–Crippen LogP) is 1.24. The second-order valence-electron chi connectivity index (χ2n) is 6.62. The summed E-state index contributed by atoms with van der Waals surface area (Å²) in [5.74, 6) is 0.668. The summed E-state index contributed by atoms with van der Waals surface area (Å²) in [6, 6.07) is 11.4. The fraction of sp³-hybridized carbons (Fsp3) is 0.588. The third-order valence-corrected chi connectivity index (χ3v) is 5.07. The molecule has 1 atom stereocenters. The van der Waals surface area contributed by atoms with E-state index >= 15 is 0 Å². The topological polar surface area (TPSA) is 70.2 Å². The van der Waals surface area contributed by atoms with E-state index in [1.165, 1.54) is 18.4 Å². The first-order valence-electron chi connectivity index (χ1n) is 8.74. The lowest BCUT2D eigenvalue weighted by molar-refractivity contribution is -0.0573. The van der Waals surface area contributed by atoms with E-state index < -0.39 is 0 Å². The lowest BCUT2D eigenvalue weighted by atomic mass is 10.0. The molecule has 1 unspecified atom stereocenters. The van der Waals surface area contributed by atoms with E-state index in [0.29, 0.717) is 11.9 Å². The number of H-pyrrole nitrogens is 1. The molecule has 0 aliphatic carbocycles. The molecule has 0 radical (unpaired) electrons. The molecule has 1 N–H and O–H groups in total. The number of rotatable bonds is 4. The van der Waals surface area contributed by atoms with Crippen molar-refractivity contribution in [3.05, 3.63) is 41.7 Å². The first-order chi connectivity index (χ1) is 11.9. The summed E-state index contributed by atoms with van der Waals surface area (Å²) in [5.41, 5.74) is 1.40. The van der Waals surface area contributed by atoms with Gasteiger partial charge in [-0.15, -0.1) is 10.2 Å². The van der Waals surface area contributed by atoms with Crippen LogP contribution in [0, 0.1) is 0 Å². The van der Waals surface area contributed by atoms with Crippen LogP contribution < -0.4 is 0 Å². The van der Waals surface area contributed by atoms with Crippen molar-refractivity contribution < 1.29 is 4.74 Å². The van der Waals surface area contributed by atoms with Gasteiger partial charge in [-0.1, -0.05) is 35.5 Å². The van der Waals surface area contributed by atoms with Gasteiger partial charge in [0.05, 0.1) is 6.61 Å². The van der Waals surface area contributed by atoms with Crippen molar-refractivity contribution in [2.45, 2.75) is 31.5 Å². The Labute approximate surface area is 142 Å². The number of aromatic nitrogens is 4. The number of nitrogens with zero attached hydrogens (tertiary/aromatic N) is 5. The fourth-order valence-electron chi connectivity index (χ4n) is 3.75. The number of nitrogens with one attached hydrogen (secondary N) is 1. The Kier molecular flexibility index (Phi) is 4.82. The Balaban J connectivity index is 1.29. The molecule has 24 heavy (non-hydrogen) atoms. The normalized spacial score (nSPS) is 24.2. The summed E-state index contributed by atoms with van der Waals surface area (Å²) in [5, 5.41) is 14.3. The fourth-order valence-corrected chi connectivity index (χ4v) is 3.75. The maximum atomic E-state index is 5.81. The molecule has 1 aromatic carbocycles. The van der Waals surface area contributed by atoms with Crippen LogP contribution in [-0.2, 0) is 11.3 Å². The van der Waals surface area contributed by atoms with Gasteiger partial charge < -0.3 is 4.74 Å². The molecular weight excluding hydrogens is 304 g/mol. The van der Waals surface area contributed by atoms with Crippen LogP contribution in [0.2, 0.25) is 0 Å². The number of piperidine rings is 1. The Morgan fingerprint density at radius 2 is 1.96 bits per heavy atom. The van der Waals surface area contributed by atoms with Crippen LogP contribution in [0.5, 0.6) is 0 Å². The summed E-state index contributed by atoms with van der Waals surface area (Å²) >= 11 is 0. The van der Waals surface area contributed by atoms with E-state index in [0.717, 1.165) is 39.3 Å². The van der Waals surface area contributed by atoms with E-state index in [2.05, 4.69) is 60.8 Å². The van der Waals surface area contributed by atoms with E-state index in [4.69, 9.17) is 4.74 Å². The second kappa shape index (κ2) is 7.38. The molecule has 2 aromatic rings. The lowest BCUT2D eigenvalue weighted by Gasteiger charge is -2.41. The molecule has 7 heteroatoms. The van der Waals surface area contributed by atoms with Crippen molar-refractivity contribution in [3.8, 4) is 0 Å². The predicted molar refractivity (Wildman–Crippen MR) is 89.2 cm³/mol. The van der Waals surface area contributed by atoms with Crippen LogP contribution in [0.1, 0.15) is 30.3 Å². The second-order valence-corrected chi connectivity index (χ2v) is 6.62. The summed E-state index contributed by atoms with van der Waals surface area (Å²) in [7, 11) is 0. The van der Waals surface area contributed by atoms with Gasteiger partial charge in [-0.05, 0) is 31.5 Å². The number of benzene rings is 1. The highest BCUT2D eigenvalue weighted by Crippen LogP contribution is 2.24. The van der Waals surface area contributed by atoms with Crippen LogP contribution in [0.15, 0.2) is 30.3 Å². The highest BCUT2D eigenvalue weighted by atomic mass is 16.5. The molecule has 7 nitrogen and oxygen atoms in total. The Hall–Kier alpha value is -1.83. The molecular formula is C17H24N6O. The summed E-state index contributed by atoms with van der Waals surface area (Å²) in [4.78, 5) is 5.10. The monoisotopic (exact) mass is 328 g/mol. The highest BCUT2D eigenvalue weighted by Gasteiger charge is 2.31. The molecule has 4 rings (SSSR count). The maximum absolute atomic E-state index is 5.81. The zero-order valence-electron chi connectivity index (χ0n) is 13.8. The molecule has 0 saturated carbocycles. The van der Waals surface area contributed by atoms with Gasteiger partial charge in [0.15, 0.2) is 0 Å². The Morgan fingerprint density at radius 3 is 2.71 bits per heavy atom. The zero-order chi connectivity index (χ0) is 16.2. The number of hydrogen-bond acceptors (Lipinski definition) is 6. The maximum Gasteiger partial charge on any atom is 0.204 e. The van der Waals surface area contributed by atoms with Crippen LogP contribution in [0.25, 0.3) is 0 Å². The number of aromatic amines is 1. The smallest absolute Gasteiger partial charge is 0.204 e. The van der Waals surface area contributed by atoms with Gasteiger partial charge in [0.25, 0.3) is 0 Å². The molecule has 128 valence electrons. The lowest BCUT2D eigenvalue weighted by Crippen LogP contribution is -2.49. The summed E-state index contributed by atoms with van der Waals surface area (Å²) < 4.78 is 5.81. The average molecular weight is 328 g/mol. The van der Waals surface area contributed by atoms with E-state index in [-0.39, 0.29) is 6.10 Å². The molecule has 2 fully saturated rings. The molecule has 3 heterocycles. The quantitative estimate of drug-likeness (QED) is 0.910. The van der Waals surface area contributed by atoms with Crippen LogP contribution in [-0.4, -0.2) is 69.3 Å². The van der Waals surface area contributed by atoms with Gasteiger partial charge in [-0.3, -0.25) is 9.80 Å². The van der Waals surface area contributed by atoms with Crippen molar-refractivity contribution in [1.82, 2.24) is 30.4 Å². The largest absolute Gasteiger partial charge is 0.367 e. The minimum Gasteiger partial charge on any atom is -0.367 e. The van der Waals surface area contributed by atoms with Crippen LogP contribution in [0.4, 0.5) is 0 Å². The highest BCUT2D eigenvalue weighted by molar-refractivity contribution is 5.14. The first kappa shape index (κ1) is 15.7. The Morgan fingerprint density at radius 1 is 1.12 bits per heavy atom. The molecule has 0 spiro atoms. The first-order valence-corrected chi connectivity index (χ1v) is 8.74. The van der Waals surface area contributed by atoms with E-state index in [1.807, 2.05) is 0 Å². The van der Waals surface area contributed by atoms with Crippen molar-refractivity contribution >= 4 is 0 Å². The van der Waals surface area contributed by atoms with Gasteiger partial charge in [0.1, 0.15) is 6.10 Å². The third-order valence-electron chi connectivity index (χ3n) is 5.07. The molecule has 0 amide bonds. The number of morpholine rings is 1. The molecule has 2 saturated heterocycles. The van der Waals surface area contributed by atoms with Gasteiger partial charge in [-0.25, -0.2) is 0 Å². The zero-order valence-corrected chi connectivity index (χ0v) is 13.8. The average Bonchev–Trinajstić information content (AvgIpc) is 3.18. The number of tetrazole rings is 1. The van der Waals surface area contributed by atoms with E-state index in [1.54, 1.807) is 0 Å². The minimum absolute atomic E-state index is 0.0557. The minimum atomic E-state index is -0.0557. The number of likely N-dealkylation sites (tertiary alicyclic amines) is 1. The van der Waals surface area contributed by atoms with Crippen molar-refractivity contribution in [2.75, 3.05) is 32.8 Å². The number of ether oxygens (including phenoxy) is 1. The van der Waals surface area contributed by atoms with Gasteiger partial charge >= 0.3 is 0 Å². The van der Waals surface area contributed by atoms with Crippen molar-refractivity contribution in [1.29, 1.82) is 0 Å². The molecule has 2 aliphatic rings. The van der Waals surface area contributed by atoms with Crippen LogP contribution in [0.3, 0.4) is 0 Å². The summed E-state index contributed by atoms with van der Waals surface area (Å²) in [6.45, 7) is 5.97. The standard InChI is InChI=1S/C17H24N6O/c1-2-4-14(5-3-1)12-22-8-6-15(7-9-22)23-10-11-24-16(13-23)17-18-20-21-19-17/h1-5,15-16H,6-13H2,(H,18,19,20,21). The van der Waals surface area contributed by atoms with Gasteiger partial charge in [-0.2, -0.15) is 5.21 Å². The van der Waals surface area contributed by atoms with E-state index in [9.17, 15) is 0 Å². The Bertz CT molecular complexity index is 611. The van der Waals surface area contributed by atoms with Crippen molar-refractivity contribution in [3.63, 3.8) is 0 Å². The third kappa shape index (κ3) is 3.63. The molecule has 1 aromatic heterocycles. The number of hydrogen-bond donors (Lipinski definition) is 1.